The van der Waals surface area contributed by atoms with Gasteiger partial charge in [0.15, 0.2) is 0 Å². The Kier molecular flexibility index (Phi) is 4.34. The van der Waals surface area contributed by atoms with E-state index in [4.69, 9.17) is 6.42 Å². The van der Waals surface area contributed by atoms with Crippen molar-refractivity contribution in [3.63, 3.8) is 0 Å². The number of nitrogens with one attached hydrogen (secondary N) is 1. The molecule has 0 radical (unpaired) electrons. The quantitative estimate of drug-likeness (QED) is 0.880. The fourth-order valence-corrected chi connectivity index (χ4v) is 2.21. The number of rotatable bonds is 3. The first kappa shape index (κ1) is 14.0. The molecule has 0 aliphatic carbocycles. The maximum Gasteiger partial charge on any atom is 0.255 e. The minimum absolute atomic E-state index is 0.229. The summed E-state index contributed by atoms with van der Waals surface area (Å²) in [5.74, 6) is 2.29. The molecule has 2 rings (SSSR count). The summed E-state index contributed by atoms with van der Waals surface area (Å²) in [6, 6.07) is 13.7. The molecule has 1 amide bonds. The van der Waals surface area contributed by atoms with Gasteiger partial charge in [0, 0.05) is 38.8 Å². The van der Waals surface area contributed by atoms with Crippen LogP contribution in [0.2, 0.25) is 0 Å². The van der Waals surface area contributed by atoms with Crippen molar-refractivity contribution in [2.45, 2.75) is 4.90 Å². The van der Waals surface area contributed by atoms with Crippen LogP contribution in [0.15, 0.2) is 53.4 Å². The zero-order chi connectivity index (χ0) is 14.5. The summed E-state index contributed by atoms with van der Waals surface area (Å²) in [7, 11) is -1.05. The smallest absolute Gasteiger partial charge is 0.255 e. The Morgan fingerprint density at radius 2 is 1.90 bits per heavy atom. The van der Waals surface area contributed by atoms with Crippen molar-refractivity contribution in [1.82, 2.24) is 0 Å². The number of hydrogen-bond acceptors (Lipinski definition) is 2. The van der Waals surface area contributed by atoms with Crippen molar-refractivity contribution >= 4 is 22.4 Å². The third kappa shape index (κ3) is 3.34. The second kappa shape index (κ2) is 6.18. The van der Waals surface area contributed by atoms with E-state index < -0.39 is 10.8 Å². The fraction of sp³-hybridized carbons (Fsp3) is 0.0625. The lowest BCUT2D eigenvalue weighted by Gasteiger charge is -2.06. The molecule has 0 saturated carbocycles. The van der Waals surface area contributed by atoms with Gasteiger partial charge in [0.1, 0.15) is 0 Å². The van der Waals surface area contributed by atoms with Crippen molar-refractivity contribution in [2.24, 2.45) is 0 Å². The van der Waals surface area contributed by atoms with Crippen molar-refractivity contribution in [2.75, 3.05) is 11.6 Å². The predicted molar refractivity (Wildman–Crippen MR) is 81.1 cm³/mol. The molecule has 2 aromatic rings. The normalized spacial score (nSPS) is 11.4. The Morgan fingerprint density at radius 3 is 2.50 bits per heavy atom. The zero-order valence-electron chi connectivity index (χ0n) is 10.9. The van der Waals surface area contributed by atoms with Crippen LogP contribution in [0.25, 0.3) is 0 Å². The Bertz CT molecular complexity index is 699. The van der Waals surface area contributed by atoms with Crippen LogP contribution in [0.1, 0.15) is 15.9 Å². The number of carbonyl (C=O) groups is 1. The summed E-state index contributed by atoms with van der Waals surface area (Å²) < 4.78 is 11.3. The molecule has 0 saturated heterocycles. The van der Waals surface area contributed by atoms with E-state index >= 15 is 0 Å². The molecule has 0 aliphatic rings. The van der Waals surface area contributed by atoms with Gasteiger partial charge in [0.25, 0.3) is 5.91 Å². The largest absolute Gasteiger partial charge is 0.322 e. The van der Waals surface area contributed by atoms with E-state index in [-0.39, 0.29) is 5.91 Å². The van der Waals surface area contributed by atoms with Crippen LogP contribution in [-0.4, -0.2) is 16.4 Å². The van der Waals surface area contributed by atoms with E-state index in [1.54, 1.807) is 54.8 Å². The number of hydrogen-bond donors (Lipinski definition) is 1. The fourth-order valence-electron chi connectivity index (χ4n) is 1.69. The third-order valence-corrected chi connectivity index (χ3v) is 3.67. The molecule has 2 aromatic carbocycles. The van der Waals surface area contributed by atoms with Gasteiger partial charge < -0.3 is 5.32 Å². The summed E-state index contributed by atoms with van der Waals surface area (Å²) in [5, 5.41) is 2.77. The predicted octanol–water partition coefficient (Wildman–Crippen LogP) is 2.66. The van der Waals surface area contributed by atoms with Gasteiger partial charge in [0.2, 0.25) is 0 Å². The van der Waals surface area contributed by atoms with Gasteiger partial charge >= 0.3 is 0 Å². The maximum absolute atomic E-state index is 12.1. The molecular formula is C16H13NO2S. The number of terminal acetylenes is 1. The molecule has 0 aliphatic heterocycles. The highest BCUT2D eigenvalue weighted by molar-refractivity contribution is 7.84. The van der Waals surface area contributed by atoms with E-state index in [9.17, 15) is 9.00 Å². The number of carbonyl (C=O) groups excluding carboxylic acids is 1. The molecule has 0 aromatic heterocycles. The minimum Gasteiger partial charge on any atom is -0.322 e. The maximum atomic E-state index is 12.1. The summed E-state index contributed by atoms with van der Waals surface area (Å²) in [6.07, 6.45) is 6.91. The first-order chi connectivity index (χ1) is 9.60. The molecule has 0 heterocycles. The van der Waals surface area contributed by atoms with E-state index in [1.807, 2.05) is 0 Å². The van der Waals surface area contributed by atoms with Gasteiger partial charge in [-0.05, 0) is 42.5 Å². The molecule has 1 unspecified atom stereocenters. The monoisotopic (exact) mass is 283 g/mol. The van der Waals surface area contributed by atoms with Crippen LogP contribution in [0.4, 0.5) is 5.69 Å². The van der Waals surface area contributed by atoms with Gasteiger partial charge in [-0.2, -0.15) is 0 Å². The third-order valence-electron chi connectivity index (χ3n) is 2.74. The Labute approximate surface area is 120 Å². The summed E-state index contributed by atoms with van der Waals surface area (Å²) in [4.78, 5) is 12.7. The molecular weight excluding hydrogens is 270 g/mol. The average molecular weight is 283 g/mol. The Hall–Kier alpha value is -2.38. The van der Waals surface area contributed by atoms with Crippen molar-refractivity contribution < 1.29 is 9.00 Å². The lowest BCUT2D eigenvalue weighted by atomic mass is 10.2. The number of anilines is 1. The van der Waals surface area contributed by atoms with Crippen molar-refractivity contribution in [3.05, 3.63) is 59.7 Å². The molecule has 0 bridgehead atoms. The number of benzene rings is 2. The van der Waals surface area contributed by atoms with Crippen LogP contribution in [0.5, 0.6) is 0 Å². The van der Waals surface area contributed by atoms with Gasteiger partial charge in [-0.3, -0.25) is 9.00 Å². The number of amides is 1. The second-order valence-electron chi connectivity index (χ2n) is 4.16. The molecule has 1 atom stereocenters. The molecule has 20 heavy (non-hydrogen) atoms. The van der Waals surface area contributed by atoms with Crippen molar-refractivity contribution in [1.29, 1.82) is 0 Å². The first-order valence-corrected chi connectivity index (χ1v) is 7.47. The second-order valence-corrected chi connectivity index (χ2v) is 5.54. The van der Waals surface area contributed by atoms with Crippen LogP contribution >= 0.6 is 0 Å². The highest BCUT2D eigenvalue weighted by Crippen LogP contribution is 2.13. The standard InChI is InChI=1S/C16H13NO2S/c1-3-12-5-4-6-14(11-12)17-16(18)13-7-9-15(10-8-13)20(2)19/h1,4-11H,2H3,(H,17,18). The van der Waals surface area contributed by atoms with Gasteiger partial charge in [0.05, 0.1) is 0 Å². The van der Waals surface area contributed by atoms with E-state index in [1.165, 1.54) is 0 Å². The van der Waals surface area contributed by atoms with Gasteiger partial charge in [-0.25, -0.2) is 0 Å². The molecule has 4 heteroatoms. The molecule has 0 fully saturated rings. The van der Waals surface area contributed by atoms with Crippen LogP contribution in [0, 0.1) is 12.3 Å². The molecule has 0 spiro atoms. The van der Waals surface area contributed by atoms with E-state index in [0.717, 1.165) is 0 Å². The lowest BCUT2D eigenvalue weighted by Crippen LogP contribution is -2.11. The van der Waals surface area contributed by atoms with E-state index in [0.29, 0.717) is 21.7 Å². The minimum atomic E-state index is -1.05. The zero-order valence-corrected chi connectivity index (χ0v) is 11.7. The van der Waals surface area contributed by atoms with E-state index in [2.05, 4.69) is 11.2 Å². The van der Waals surface area contributed by atoms with Crippen LogP contribution < -0.4 is 5.32 Å². The van der Waals surface area contributed by atoms with Crippen LogP contribution in [-0.2, 0) is 10.8 Å². The van der Waals surface area contributed by atoms with Crippen LogP contribution in [0.3, 0.4) is 0 Å². The topological polar surface area (TPSA) is 46.2 Å². The van der Waals surface area contributed by atoms with Gasteiger partial charge in [-0.1, -0.05) is 12.0 Å². The highest BCUT2D eigenvalue weighted by Gasteiger charge is 2.07. The summed E-state index contributed by atoms with van der Waals surface area (Å²) in [5.41, 5.74) is 1.86. The molecule has 100 valence electrons. The average Bonchev–Trinajstić information content (AvgIpc) is 2.47. The highest BCUT2D eigenvalue weighted by atomic mass is 32.2. The first-order valence-electron chi connectivity index (χ1n) is 5.91. The Balaban J connectivity index is 2.15. The van der Waals surface area contributed by atoms with Crippen molar-refractivity contribution in [3.8, 4) is 12.3 Å². The summed E-state index contributed by atoms with van der Waals surface area (Å²) in [6.45, 7) is 0. The molecule has 3 nitrogen and oxygen atoms in total. The molecule has 1 N–H and O–H groups in total. The Morgan fingerprint density at radius 1 is 1.20 bits per heavy atom. The SMILES string of the molecule is C#Cc1cccc(NC(=O)c2ccc(S(C)=O)cc2)c1. The lowest BCUT2D eigenvalue weighted by molar-refractivity contribution is 0.102. The van der Waals surface area contributed by atoms with Gasteiger partial charge in [-0.15, -0.1) is 6.42 Å². The summed E-state index contributed by atoms with van der Waals surface area (Å²) >= 11 is 0.